The number of hydrogen-bond donors (Lipinski definition) is 5. The van der Waals surface area contributed by atoms with E-state index in [1.807, 2.05) is 5.32 Å². The summed E-state index contributed by atoms with van der Waals surface area (Å²) in [6.45, 7) is 0. The van der Waals surface area contributed by atoms with E-state index in [9.17, 15) is 19.2 Å². The summed E-state index contributed by atoms with van der Waals surface area (Å²) in [6, 6.07) is -3.32. The average Bonchev–Trinajstić information content (AvgIpc) is 2.13. The third kappa shape index (κ3) is 8.01. The van der Waals surface area contributed by atoms with Crippen LogP contribution in [0, 0.1) is 0 Å². The van der Waals surface area contributed by atoms with E-state index in [-0.39, 0.29) is 29.6 Å². The summed E-state index contributed by atoms with van der Waals surface area (Å²) in [5, 5.41) is 36.0. The maximum atomic E-state index is 10.6. The zero-order chi connectivity index (χ0) is 13.6. The molecule has 5 N–H and O–H groups in total. The molecule has 0 rings (SSSR count). The Morgan fingerprint density at radius 3 is 1.22 bits per heavy atom. The molecule has 1 radical (unpaired) electrons. The number of rotatable bonds is 8. The van der Waals surface area contributed by atoms with Crippen LogP contribution in [-0.2, 0) is 19.2 Å². The molecule has 0 aliphatic heterocycles. The van der Waals surface area contributed by atoms with Crippen LogP contribution >= 0.6 is 0 Å². The quantitative estimate of drug-likeness (QED) is 0.316. The maximum Gasteiger partial charge on any atom is 0.321 e. The van der Waals surface area contributed by atoms with Gasteiger partial charge in [-0.2, -0.15) is 0 Å². The standard InChI is InChI=1S/C8H11NO8.Na/c10-5(11)1-3(7(14)15)9-4(8(16)17)2-6(12)13;/h3-4,9H,1-2H2,(H,10,11)(H,12,13)(H,14,15)(H,16,17);. The van der Waals surface area contributed by atoms with Crippen molar-refractivity contribution in [1.29, 1.82) is 0 Å². The molecule has 2 unspecified atom stereocenters. The summed E-state index contributed by atoms with van der Waals surface area (Å²) >= 11 is 0. The number of carboxylic acid groups (broad SMARTS) is 4. The second kappa shape index (κ2) is 8.86. The molecule has 0 bridgehead atoms. The molecular formula is C8H11NNaO8. The van der Waals surface area contributed by atoms with E-state index in [4.69, 9.17) is 20.4 Å². The van der Waals surface area contributed by atoms with Gasteiger partial charge in [-0.1, -0.05) is 0 Å². The van der Waals surface area contributed by atoms with Crippen molar-refractivity contribution in [2.24, 2.45) is 0 Å². The monoisotopic (exact) mass is 272 g/mol. The second-order valence-corrected chi connectivity index (χ2v) is 3.14. The largest absolute Gasteiger partial charge is 0.481 e. The van der Waals surface area contributed by atoms with Crippen molar-refractivity contribution in [3.63, 3.8) is 0 Å². The number of hydrogen-bond acceptors (Lipinski definition) is 5. The first-order chi connectivity index (χ1) is 7.73. The predicted octanol–water partition coefficient (Wildman–Crippen LogP) is -1.95. The Morgan fingerprint density at radius 2 is 1.06 bits per heavy atom. The Morgan fingerprint density at radius 1 is 0.778 bits per heavy atom. The van der Waals surface area contributed by atoms with Crippen LogP contribution in [0.25, 0.3) is 0 Å². The molecule has 0 aromatic heterocycles. The number of aliphatic carboxylic acids is 4. The SMILES string of the molecule is O=C(O)CC(NC(CC(=O)O)C(=O)O)C(=O)O.[Na]. The molecule has 0 aromatic rings. The average molecular weight is 272 g/mol. The summed E-state index contributed by atoms with van der Waals surface area (Å²) in [7, 11) is 0. The number of nitrogens with one attached hydrogen (secondary N) is 1. The third-order valence-corrected chi connectivity index (χ3v) is 1.76. The molecule has 0 heterocycles. The molecule has 0 spiro atoms. The van der Waals surface area contributed by atoms with Crippen molar-refractivity contribution in [2.45, 2.75) is 24.9 Å². The fourth-order valence-corrected chi connectivity index (χ4v) is 1.03. The summed E-state index contributed by atoms with van der Waals surface area (Å²) in [6.07, 6.45) is -1.70. The van der Waals surface area contributed by atoms with Gasteiger partial charge < -0.3 is 20.4 Å². The molecule has 0 aliphatic carbocycles. The van der Waals surface area contributed by atoms with E-state index >= 15 is 0 Å². The summed E-state index contributed by atoms with van der Waals surface area (Å²) in [5.74, 6) is -6.01. The van der Waals surface area contributed by atoms with Gasteiger partial charge in [0.25, 0.3) is 0 Å². The molecule has 0 amide bonds. The van der Waals surface area contributed by atoms with Gasteiger partial charge in [-0.15, -0.1) is 0 Å². The molecule has 97 valence electrons. The summed E-state index contributed by atoms with van der Waals surface area (Å²) in [5.41, 5.74) is 0. The first-order valence-corrected chi connectivity index (χ1v) is 4.39. The molecule has 2 atom stereocenters. The van der Waals surface area contributed by atoms with E-state index in [2.05, 4.69) is 0 Å². The van der Waals surface area contributed by atoms with E-state index in [1.165, 1.54) is 0 Å². The van der Waals surface area contributed by atoms with Crippen LogP contribution in [0.2, 0.25) is 0 Å². The van der Waals surface area contributed by atoms with E-state index in [1.54, 1.807) is 0 Å². The molecular weight excluding hydrogens is 261 g/mol. The van der Waals surface area contributed by atoms with Gasteiger partial charge in [0.2, 0.25) is 0 Å². The normalized spacial score (nSPS) is 12.9. The van der Waals surface area contributed by atoms with Gasteiger partial charge >= 0.3 is 23.9 Å². The number of carbonyl (C=O) groups is 4. The third-order valence-electron chi connectivity index (χ3n) is 1.76. The zero-order valence-electron chi connectivity index (χ0n) is 9.49. The van der Waals surface area contributed by atoms with Crippen LogP contribution < -0.4 is 5.32 Å². The van der Waals surface area contributed by atoms with Crippen LogP contribution in [0.1, 0.15) is 12.8 Å². The topological polar surface area (TPSA) is 161 Å². The van der Waals surface area contributed by atoms with Crippen LogP contribution in [0.4, 0.5) is 0 Å². The van der Waals surface area contributed by atoms with Crippen molar-refractivity contribution in [3.05, 3.63) is 0 Å². The minimum Gasteiger partial charge on any atom is -0.481 e. The Kier molecular flexibility index (Phi) is 9.45. The Labute approximate surface area is 123 Å². The van der Waals surface area contributed by atoms with E-state index < -0.39 is 48.8 Å². The van der Waals surface area contributed by atoms with Gasteiger partial charge in [-0.25, -0.2) is 0 Å². The molecule has 0 fully saturated rings. The summed E-state index contributed by atoms with van der Waals surface area (Å²) < 4.78 is 0. The molecule has 0 saturated carbocycles. The Hall–Kier alpha value is -1.16. The second-order valence-electron chi connectivity index (χ2n) is 3.14. The van der Waals surface area contributed by atoms with Crippen molar-refractivity contribution >= 4 is 53.4 Å². The van der Waals surface area contributed by atoms with Gasteiger partial charge in [-0.3, -0.25) is 24.5 Å². The molecule has 18 heavy (non-hydrogen) atoms. The van der Waals surface area contributed by atoms with Crippen molar-refractivity contribution in [1.82, 2.24) is 5.32 Å². The van der Waals surface area contributed by atoms with Gasteiger partial charge in [0, 0.05) is 29.6 Å². The maximum absolute atomic E-state index is 10.6. The zero-order valence-corrected chi connectivity index (χ0v) is 11.5. The van der Waals surface area contributed by atoms with Crippen molar-refractivity contribution in [2.75, 3.05) is 0 Å². The van der Waals surface area contributed by atoms with Crippen LogP contribution in [0.3, 0.4) is 0 Å². The van der Waals surface area contributed by atoms with Gasteiger partial charge in [0.05, 0.1) is 12.8 Å². The fourth-order valence-electron chi connectivity index (χ4n) is 1.03. The van der Waals surface area contributed by atoms with Crippen LogP contribution in [0.5, 0.6) is 0 Å². The molecule has 0 saturated heterocycles. The minimum absolute atomic E-state index is 0. The van der Waals surface area contributed by atoms with Gasteiger partial charge in [0.15, 0.2) is 0 Å². The molecule has 0 aromatic carbocycles. The molecule has 0 aliphatic rings. The van der Waals surface area contributed by atoms with E-state index in [0.29, 0.717) is 0 Å². The summed E-state index contributed by atoms with van der Waals surface area (Å²) in [4.78, 5) is 41.9. The van der Waals surface area contributed by atoms with Gasteiger partial charge in [0.1, 0.15) is 12.1 Å². The fraction of sp³-hybridized carbons (Fsp3) is 0.500. The van der Waals surface area contributed by atoms with Crippen LogP contribution in [0.15, 0.2) is 0 Å². The smallest absolute Gasteiger partial charge is 0.321 e. The Bertz CT molecular complexity index is 312. The van der Waals surface area contributed by atoms with Crippen LogP contribution in [-0.4, -0.2) is 85.9 Å². The van der Waals surface area contributed by atoms with Crippen molar-refractivity contribution in [3.8, 4) is 0 Å². The first kappa shape index (κ1) is 19.2. The predicted molar refractivity (Wildman–Crippen MR) is 56.2 cm³/mol. The number of carboxylic acids is 4. The van der Waals surface area contributed by atoms with Crippen molar-refractivity contribution < 1.29 is 39.6 Å². The molecule has 9 nitrogen and oxygen atoms in total. The van der Waals surface area contributed by atoms with E-state index in [0.717, 1.165) is 0 Å². The Balaban J connectivity index is 0. The minimum atomic E-state index is -1.66. The molecule has 10 heteroatoms. The first-order valence-electron chi connectivity index (χ1n) is 4.39. The van der Waals surface area contributed by atoms with Gasteiger partial charge in [-0.05, 0) is 0 Å².